The van der Waals surface area contributed by atoms with Crippen molar-refractivity contribution in [2.45, 2.75) is 13.0 Å². The number of rotatable bonds is 3. The summed E-state index contributed by atoms with van der Waals surface area (Å²) in [5.41, 5.74) is 7.52. The van der Waals surface area contributed by atoms with Gasteiger partial charge in [-0.05, 0) is 24.6 Å². The number of amides is 1. The Kier molecular flexibility index (Phi) is 3.66. The summed E-state index contributed by atoms with van der Waals surface area (Å²) in [7, 11) is 0. The first-order chi connectivity index (χ1) is 9.08. The molecule has 0 aliphatic heterocycles. The zero-order valence-corrected chi connectivity index (χ0v) is 10.5. The summed E-state index contributed by atoms with van der Waals surface area (Å²) < 4.78 is 0. The first-order valence-corrected chi connectivity index (χ1v) is 5.92. The number of para-hydroxylation sites is 1. The number of aromatic nitrogens is 1. The third-order valence-corrected chi connectivity index (χ3v) is 2.86. The molecule has 0 radical (unpaired) electrons. The van der Waals surface area contributed by atoms with Crippen LogP contribution < -0.4 is 16.6 Å². The highest BCUT2D eigenvalue weighted by Gasteiger charge is 2.13. The average molecular weight is 257 g/mol. The molecule has 0 bridgehead atoms. The lowest BCUT2D eigenvalue weighted by Gasteiger charge is -2.16. The summed E-state index contributed by atoms with van der Waals surface area (Å²) >= 11 is 0. The van der Waals surface area contributed by atoms with E-state index in [9.17, 15) is 9.59 Å². The van der Waals surface area contributed by atoms with Crippen LogP contribution in [0.15, 0.2) is 47.4 Å². The Bertz CT molecular complexity index is 629. The number of nitrogens with one attached hydrogen (secondary N) is 2. The summed E-state index contributed by atoms with van der Waals surface area (Å²) in [5, 5.41) is 2.83. The van der Waals surface area contributed by atoms with Gasteiger partial charge in [0.2, 0.25) is 5.56 Å². The van der Waals surface area contributed by atoms with Gasteiger partial charge in [-0.2, -0.15) is 0 Å². The van der Waals surface area contributed by atoms with E-state index in [1.165, 1.54) is 18.3 Å². The van der Waals surface area contributed by atoms with Gasteiger partial charge in [0.15, 0.2) is 0 Å². The van der Waals surface area contributed by atoms with Crippen LogP contribution in [-0.2, 0) is 0 Å². The average Bonchev–Trinajstić information content (AvgIpc) is 2.39. The predicted octanol–water partition coefficient (Wildman–Crippen LogP) is 1.45. The number of H-pyrrole nitrogens is 1. The molecule has 0 saturated carbocycles. The Labute approximate surface area is 110 Å². The number of nitrogens with two attached hydrogens (primary N) is 1. The molecule has 5 heteroatoms. The van der Waals surface area contributed by atoms with E-state index in [2.05, 4.69) is 10.3 Å². The van der Waals surface area contributed by atoms with E-state index < -0.39 is 0 Å². The highest BCUT2D eigenvalue weighted by atomic mass is 16.2. The molecular weight excluding hydrogens is 242 g/mol. The third-order valence-electron chi connectivity index (χ3n) is 2.86. The highest BCUT2D eigenvalue weighted by molar-refractivity contribution is 5.94. The van der Waals surface area contributed by atoms with Gasteiger partial charge in [0.25, 0.3) is 5.91 Å². The normalized spacial score (nSPS) is 11.8. The zero-order valence-electron chi connectivity index (χ0n) is 10.5. The van der Waals surface area contributed by atoms with Crippen molar-refractivity contribution in [2.75, 3.05) is 5.73 Å². The maximum Gasteiger partial charge on any atom is 0.253 e. The monoisotopic (exact) mass is 257 g/mol. The molecule has 1 aromatic heterocycles. The smallest absolute Gasteiger partial charge is 0.253 e. The van der Waals surface area contributed by atoms with Crippen molar-refractivity contribution in [1.82, 2.24) is 10.3 Å². The predicted molar refractivity (Wildman–Crippen MR) is 73.8 cm³/mol. The minimum atomic E-state index is -0.257. The minimum Gasteiger partial charge on any atom is -0.398 e. The van der Waals surface area contributed by atoms with Crippen molar-refractivity contribution in [1.29, 1.82) is 0 Å². The molecule has 1 aromatic carbocycles. The molecule has 1 unspecified atom stereocenters. The molecule has 5 nitrogen and oxygen atoms in total. The number of nitrogen functional groups attached to an aromatic ring is 1. The first kappa shape index (κ1) is 12.9. The Hall–Kier alpha value is -2.56. The third kappa shape index (κ3) is 3.01. The fourth-order valence-corrected chi connectivity index (χ4v) is 1.81. The lowest BCUT2D eigenvalue weighted by molar-refractivity contribution is 0.0939. The van der Waals surface area contributed by atoms with Crippen molar-refractivity contribution in [3.8, 4) is 0 Å². The van der Waals surface area contributed by atoms with Crippen LogP contribution in [0, 0.1) is 0 Å². The minimum absolute atomic E-state index is 0.208. The van der Waals surface area contributed by atoms with Crippen molar-refractivity contribution < 1.29 is 4.79 Å². The van der Waals surface area contributed by atoms with Gasteiger partial charge in [0.05, 0.1) is 11.6 Å². The van der Waals surface area contributed by atoms with E-state index in [-0.39, 0.29) is 17.5 Å². The molecule has 98 valence electrons. The van der Waals surface area contributed by atoms with Crippen LogP contribution in [-0.4, -0.2) is 10.9 Å². The summed E-state index contributed by atoms with van der Waals surface area (Å²) in [4.78, 5) is 25.4. The summed E-state index contributed by atoms with van der Waals surface area (Å²) in [6.45, 7) is 1.86. The van der Waals surface area contributed by atoms with Crippen LogP contribution in [0.3, 0.4) is 0 Å². The number of anilines is 1. The van der Waals surface area contributed by atoms with Crippen LogP contribution in [0.4, 0.5) is 5.69 Å². The molecule has 0 aliphatic carbocycles. The Morgan fingerprint density at radius 2 is 2.00 bits per heavy atom. The molecule has 1 atom stereocenters. The number of carbonyl (C=O) groups excluding carboxylic acids is 1. The second-order valence-corrected chi connectivity index (χ2v) is 4.27. The lowest BCUT2D eigenvalue weighted by atomic mass is 10.1. The van der Waals surface area contributed by atoms with E-state index in [4.69, 9.17) is 5.73 Å². The van der Waals surface area contributed by atoms with Gasteiger partial charge in [-0.15, -0.1) is 0 Å². The van der Waals surface area contributed by atoms with Crippen LogP contribution in [0.1, 0.15) is 28.9 Å². The first-order valence-electron chi connectivity index (χ1n) is 5.92. The highest BCUT2D eigenvalue weighted by Crippen LogP contribution is 2.19. The van der Waals surface area contributed by atoms with Gasteiger partial charge < -0.3 is 16.0 Å². The maximum atomic E-state index is 12.0. The molecular formula is C14H15N3O2. The summed E-state index contributed by atoms with van der Waals surface area (Å²) in [6, 6.07) is 9.96. The van der Waals surface area contributed by atoms with Crippen molar-refractivity contribution in [3.05, 3.63) is 64.1 Å². The summed E-state index contributed by atoms with van der Waals surface area (Å²) in [5.74, 6) is -0.257. The van der Waals surface area contributed by atoms with Gasteiger partial charge in [-0.3, -0.25) is 9.59 Å². The van der Waals surface area contributed by atoms with Crippen molar-refractivity contribution in [3.63, 3.8) is 0 Å². The largest absolute Gasteiger partial charge is 0.398 e. The van der Waals surface area contributed by atoms with Crippen LogP contribution >= 0.6 is 0 Å². The van der Waals surface area contributed by atoms with E-state index in [1.807, 2.05) is 25.1 Å². The molecule has 4 N–H and O–H groups in total. The number of aromatic amines is 1. The molecule has 0 saturated heterocycles. The summed E-state index contributed by atoms with van der Waals surface area (Å²) in [6.07, 6.45) is 1.39. The van der Waals surface area contributed by atoms with E-state index >= 15 is 0 Å². The molecule has 0 spiro atoms. The molecule has 0 fully saturated rings. The fraction of sp³-hybridized carbons (Fsp3) is 0.143. The molecule has 2 aromatic rings. The Balaban J connectivity index is 2.13. The van der Waals surface area contributed by atoms with Crippen LogP contribution in [0.2, 0.25) is 0 Å². The molecule has 1 amide bonds. The standard InChI is InChI=1S/C14H15N3O2/c1-9(11-4-2-3-5-12(11)15)17-14(19)10-6-7-13(18)16-8-10/h2-9H,15H2,1H3,(H,16,18)(H,17,19). The lowest BCUT2D eigenvalue weighted by Crippen LogP contribution is -2.27. The van der Waals surface area contributed by atoms with Crippen molar-refractivity contribution >= 4 is 11.6 Å². The maximum absolute atomic E-state index is 12.0. The van der Waals surface area contributed by atoms with Gasteiger partial charge in [-0.1, -0.05) is 18.2 Å². The second kappa shape index (κ2) is 5.39. The Morgan fingerprint density at radius 1 is 1.26 bits per heavy atom. The number of carbonyl (C=O) groups is 1. The number of benzene rings is 1. The quantitative estimate of drug-likeness (QED) is 0.727. The van der Waals surface area contributed by atoms with Gasteiger partial charge >= 0.3 is 0 Å². The van der Waals surface area contributed by atoms with Crippen LogP contribution in [0.5, 0.6) is 0 Å². The number of hydrogen-bond donors (Lipinski definition) is 3. The van der Waals surface area contributed by atoms with Crippen LogP contribution in [0.25, 0.3) is 0 Å². The van der Waals surface area contributed by atoms with Gasteiger partial charge in [0, 0.05) is 18.0 Å². The van der Waals surface area contributed by atoms with Gasteiger partial charge in [0.1, 0.15) is 0 Å². The second-order valence-electron chi connectivity index (χ2n) is 4.27. The van der Waals surface area contributed by atoms with Gasteiger partial charge in [-0.25, -0.2) is 0 Å². The SMILES string of the molecule is CC(NC(=O)c1ccc(=O)[nH]c1)c1ccccc1N. The molecule has 2 rings (SSSR count). The van der Waals surface area contributed by atoms with Crippen molar-refractivity contribution in [2.24, 2.45) is 0 Å². The molecule has 0 aliphatic rings. The number of hydrogen-bond acceptors (Lipinski definition) is 3. The zero-order chi connectivity index (χ0) is 13.8. The van der Waals surface area contributed by atoms with E-state index in [0.29, 0.717) is 11.3 Å². The molecule has 19 heavy (non-hydrogen) atoms. The Morgan fingerprint density at radius 3 is 2.63 bits per heavy atom. The fourth-order valence-electron chi connectivity index (χ4n) is 1.81. The van der Waals surface area contributed by atoms with E-state index in [1.54, 1.807) is 6.07 Å². The topological polar surface area (TPSA) is 88.0 Å². The number of pyridine rings is 1. The molecule has 1 heterocycles. The van der Waals surface area contributed by atoms with E-state index in [0.717, 1.165) is 5.56 Å².